The highest BCUT2D eigenvalue weighted by atomic mass is 16.5. The Labute approximate surface area is 217 Å². The molecule has 0 saturated carbocycles. The Balaban J connectivity index is 1.54. The van der Waals surface area contributed by atoms with Crippen molar-refractivity contribution < 1.29 is 9.47 Å². The minimum atomic E-state index is 0.0337. The van der Waals surface area contributed by atoms with Gasteiger partial charge in [0.15, 0.2) is 0 Å². The maximum absolute atomic E-state index is 6.72. The first-order chi connectivity index (χ1) is 18.3. The van der Waals surface area contributed by atoms with Crippen LogP contribution < -0.4 is 25.9 Å². The van der Waals surface area contributed by atoms with Crippen LogP contribution in [-0.4, -0.2) is 6.71 Å². The maximum atomic E-state index is 6.72. The molecule has 0 aliphatic carbocycles. The Bertz CT molecular complexity index is 1710. The van der Waals surface area contributed by atoms with E-state index >= 15 is 0 Å². The van der Waals surface area contributed by atoms with Gasteiger partial charge >= 0.3 is 0 Å². The number of fused-ring (bicyclic) bond motifs is 4. The molecule has 0 atom stereocenters. The van der Waals surface area contributed by atoms with Crippen LogP contribution in [0.5, 0.6) is 23.0 Å². The fourth-order valence-electron chi connectivity index (χ4n) is 5.66. The summed E-state index contributed by atoms with van der Waals surface area (Å²) >= 11 is 0. The zero-order valence-corrected chi connectivity index (χ0v) is 20.3. The van der Waals surface area contributed by atoms with Gasteiger partial charge in [-0.3, -0.25) is 0 Å². The molecule has 0 aromatic heterocycles. The van der Waals surface area contributed by atoms with Crippen LogP contribution in [0.15, 0.2) is 116 Å². The van der Waals surface area contributed by atoms with Crippen molar-refractivity contribution in [2.45, 2.75) is 0 Å². The van der Waals surface area contributed by atoms with Gasteiger partial charge in [0, 0.05) is 11.0 Å². The first-order valence-electron chi connectivity index (χ1n) is 12.5. The average Bonchev–Trinajstić information content (AvgIpc) is 2.97. The molecule has 0 fully saturated rings. The largest absolute Gasteiger partial charge is 0.458 e. The summed E-state index contributed by atoms with van der Waals surface area (Å²) in [5.74, 6) is 3.45. The summed E-state index contributed by atoms with van der Waals surface area (Å²) in [6.07, 6.45) is 3.77. The number of ether oxygens (including phenoxy) is 2. The molecule has 5 aromatic rings. The van der Waals surface area contributed by atoms with E-state index < -0.39 is 0 Å². The van der Waals surface area contributed by atoms with Crippen molar-refractivity contribution in [3.05, 3.63) is 127 Å². The summed E-state index contributed by atoms with van der Waals surface area (Å²) in [5.41, 5.74) is 9.82. The molecule has 0 saturated heterocycles. The molecule has 2 heterocycles. The van der Waals surface area contributed by atoms with Crippen LogP contribution >= 0.6 is 0 Å². The van der Waals surface area contributed by atoms with Crippen molar-refractivity contribution in [1.29, 1.82) is 0 Å². The lowest BCUT2D eigenvalue weighted by atomic mass is 9.34. The Kier molecular flexibility index (Phi) is 4.90. The lowest BCUT2D eigenvalue weighted by Crippen LogP contribution is -2.57. The third-order valence-corrected chi connectivity index (χ3v) is 7.37. The predicted octanol–water partition coefficient (Wildman–Crippen LogP) is 7.03. The van der Waals surface area contributed by atoms with E-state index in [9.17, 15) is 0 Å². The van der Waals surface area contributed by atoms with Crippen LogP contribution in [0.25, 0.3) is 34.4 Å². The Morgan fingerprint density at radius 3 is 1.81 bits per heavy atom. The predicted molar refractivity (Wildman–Crippen MR) is 155 cm³/mol. The quantitative estimate of drug-likeness (QED) is 0.255. The van der Waals surface area contributed by atoms with Crippen molar-refractivity contribution in [3.8, 4) is 45.3 Å². The highest BCUT2D eigenvalue weighted by molar-refractivity contribution is 6.98. The van der Waals surface area contributed by atoms with Crippen LogP contribution in [0.4, 0.5) is 0 Å². The first kappa shape index (κ1) is 21.5. The lowest BCUT2D eigenvalue weighted by Gasteiger charge is -2.34. The number of para-hydroxylation sites is 2. The highest BCUT2D eigenvalue weighted by Gasteiger charge is 2.41. The van der Waals surface area contributed by atoms with Crippen LogP contribution in [0, 0.1) is 0 Å². The summed E-state index contributed by atoms with van der Waals surface area (Å²) in [6.45, 7) is 8.15. The molecule has 0 unspecified atom stereocenters. The molecule has 3 heteroatoms. The van der Waals surface area contributed by atoms with Gasteiger partial charge < -0.3 is 9.47 Å². The van der Waals surface area contributed by atoms with Crippen LogP contribution in [0.2, 0.25) is 0 Å². The molecule has 37 heavy (non-hydrogen) atoms. The van der Waals surface area contributed by atoms with Crippen LogP contribution in [0.1, 0.15) is 11.1 Å². The minimum Gasteiger partial charge on any atom is -0.458 e. The van der Waals surface area contributed by atoms with Gasteiger partial charge in [0.05, 0.1) is 0 Å². The van der Waals surface area contributed by atoms with E-state index in [-0.39, 0.29) is 6.71 Å². The molecule has 0 N–H and O–H groups in total. The van der Waals surface area contributed by atoms with Gasteiger partial charge in [0.2, 0.25) is 0 Å². The van der Waals surface area contributed by atoms with E-state index in [4.69, 9.17) is 9.47 Å². The number of benzene rings is 5. The zero-order chi connectivity index (χ0) is 24.9. The highest BCUT2D eigenvalue weighted by Crippen LogP contribution is 2.44. The van der Waals surface area contributed by atoms with Crippen molar-refractivity contribution >= 4 is 35.3 Å². The fraction of sp³-hybridized carbons (Fsp3) is 0. The Morgan fingerprint density at radius 2 is 1.14 bits per heavy atom. The zero-order valence-electron chi connectivity index (χ0n) is 20.3. The molecule has 2 nitrogen and oxygen atoms in total. The summed E-state index contributed by atoms with van der Waals surface area (Å²) < 4.78 is 13.1. The van der Waals surface area contributed by atoms with Crippen molar-refractivity contribution in [2.75, 3.05) is 0 Å². The molecule has 0 spiro atoms. The SMILES string of the molecule is C=Cc1cc(-c2ccccc2)c(-c2ccc3c4c2Oc2ccccc2B4c2ccccc2O3)cc1C=C. The Hall–Kier alpha value is -4.76. The van der Waals surface area contributed by atoms with E-state index in [0.717, 1.165) is 72.8 Å². The minimum absolute atomic E-state index is 0.0337. The second-order valence-corrected chi connectivity index (χ2v) is 9.37. The molecule has 0 bridgehead atoms. The van der Waals surface area contributed by atoms with E-state index in [1.165, 1.54) is 0 Å². The summed E-state index contributed by atoms with van der Waals surface area (Å²) in [5, 5.41) is 0. The van der Waals surface area contributed by atoms with E-state index in [0.29, 0.717) is 0 Å². The molecule has 0 amide bonds. The number of hydrogen-bond donors (Lipinski definition) is 0. The normalized spacial score (nSPS) is 12.4. The molecular formula is C34H23BO2. The average molecular weight is 474 g/mol. The van der Waals surface area contributed by atoms with Gasteiger partial charge in [-0.15, -0.1) is 0 Å². The van der Waals surface area contributed by atoms with E-state index in [1.54, 1.807) is 0 Å². The number of hydrogen-bond acceptors (Lipinski definition) is 2. The smallest absolute Gasteiger partial charge is 0.260 e. The fourth-order valence-corrected chi connectivity index (χ4v) is 5.66. The van der Waals surface area contributed by atoms with Gasteiger partial charge in [-0.1, -0.05) is 92.0 Å². The van der Waals surface area contributed by atoms with Crippen LogP contribution in [-0.2, 0) is 0 Å². The lowest BCUT2D eigenvalue weighted by molar-refractivity contribution is 0.465. The summed E-state index contributed by atoms with van der Waals surface area (Å²) in [7, 11) is 0. The van der Waals surface area contributed by atoms with Gasteiger partial charge in [-0.05, 0) is 75.1 Å². The second-order valence-electron chi connectivity index (χ2n) is 9.37. The van der Waals surface area contributed by atoms with Crippen molar-refractivity contribution in [3.63, 3.8) is 0 Å². The standard InChI is InChI=1S/C34H23BO2/c1-3-22-20-26(24-12-6-5-7-13-24)27(21-23(22)4-2)25-18-19-32-33-34(25)37-31-17-11-9-15-29(31)35(33)28-14-8-10-16-30(28)36-32/h3-21H,1-2H2. The first-order valence-corrected chi connectivity index (χ1v) is 12.5. The Morgan fingerprint density at radius 1 is 0.541 bits per heavy atom. The molecule has 7 rings (SSSR count). The van der Waals surface area contributed by atoms with Gasteiger partial charge in [-0.2, -0.15) is 0 Å². The van der Waals surface area contributed by atoms with Gasteiger partial charge in [0.25, 0.3) is 6.71 Å². The molecule has 2 aliphatic heterocycles. The van der Waals surface area contributed by atoms with E-state index in [1.807, 2.05) is 36.4 Å². The molecule has 2 aliphatic rings. The molecule has 5 aromatic carbocycles. The molecule has 0 radical (unpaired) electrons. The second kappa shape index (κ2) is 8.42. The number of rotatable bonds is 4. The summed E-state index contributed by atoms with van der Waals surface area (Å²) in [6, 6.07) is 35.7. The van der Waals surface area contributed by atoms with Crippen LogP contribution in [0.3, 0.4) is 0 Å². The van der Waals surface area contributed by atoms with E-state index in [2.05, 4.69) is 92.0 Å². The van der Waals surface area contributed by atoms with Gasteiger partial charge in [0.1, 0.15) is 23.0 Å². The third-order valence-electron chi connectivity index (χ3n) is 7.37. The maximum Gasteiger partial charge on any atom is 0.260 e. The third kappa shape index (κ3) is 3.28. The summed E-state index contributed by atoms with van der Waals surface area (Å²) in [4.78, 5) is 0. The van der Waals surface area contributed by atoms with Crippen molar-refractivity contribution in [1.82, 2.24) is 0 Å². The monoisotopic (exact) mass is 474 g/mol. The molecule has 174 valence electrons. The van der Waals surface area contributed by atoms with Gasteiger partial charge in [-0.25, -0.2) is 0 Å². The van der Waals surface area contributed by atoms with Crippen molar-refractivity contribution in [2.24, 2.45) is 0 Å². The molecular weight excluding hydrogens is 451 g/mol. The topological polar surface area (TPSA) is 18.5 Å².